The molecule has 0 spiro atoms. The average molecular weight is 554 g/mol. The van der Waals surface area contributed by atoms with Crippen molar-refractivity contribution in [1.82, 2.24) is 0 Å². The van der Waals surface area contributed by atoms with E-state index in [0.717, 1.165) is 77.3 Å². The maximum atomic E-state index is 6.70. The molecule has 9 aromatic rings. The second kappa shape index (κ2) is 8.98. The summed E-state index contributed by atoms with van der Waals surface area (Å²) in [5.74, 6) is 0. The first-order chi connectivity index (χ1) is 21.1. The molecule has 43 heavy (non-hydrogen) atoms. The largest absolute Gasteiger partial charge is 0.455 e. The maximum Gasteiger partial charge on any atom is 0.159 e. The first-order valence-corrected chi connectivity index (χ1v) is 14.7. The summed E-state index contributed by atoms with van der Waals surface area (Å²) in [6.45, 7) is 4.23. The van der Waals surface area contributed by atoms with Crippen LogP contribution in [0, 0.1) is 13.8 Å². The van der Waals surface area contributed by atoms with E-state index in [9.17, 15) is 0 Å². The SMILES string of the molecule is Cc1ccc(N(c2cc3c4cc5ccccc5cc4oc3c3ccccc23)c2cccc3c2oc2c(C)cccc23)cc1. The van der Waals surface area contributed by atoms with Crippen LogP contribution in [0.15, 0.2) is 136 Å². The molecule has 0 fully saturated rings. The molecule has 3 heteroatoms. The third kappa shape index (κ3) is 3.55. The van der Waals surface area contributed by atoms with Crippen molar-refractivity contribution in [1.29, 1.82) is 0 Å². The minimum Gasteiger partial charge on any atom is -0.455 e. The Morgan fingerprint density at radius 2 is 1.09 bits per heavy atom. The fourth-order valence-electron chi connectivity index (χ4n) is 6.67. The van der Waals surface area contributed by atoms with Gasteiger partial charge in [-0.05, 0) is 66.6 Å². The number of para-hydroxylation sites is 2. The first-order valence-electron chi connectivity index (χ1n) is 14.7. The standard InChI is InChI=1S/C40H27NO2/c1-24-17-19-28(20-18-24)41(35-16-8-15-32-31-14-7-9-25(2)38(31)43-40(32)35)36-23-34-33-21-26-10-3-4-11-27(26)22-37(33)42-39(34)30-13-6-5-12-29(30)36/h3-23H,1-2H3. The van der Waals surface area contributed by atoms with E-state index in [0.29, 0.717) is 0 Å². The van der Waals surface area contributed by atoms with Crippen LogP contribution in [-0.2, 0) is 0 Å². The molecule has 9 rings (SSSR count). The lowest BCUT2D eigenvalue weighted by atomic mass is 10.0. The summed E-state index contributed by atoms with van der Waals surface area (Å²) in [4.78, 5) is 2.35. The van der Waals surface area contributed by atoms with Crippen LogP contribution in [0.5, 0.6) is 0 Å². The number of furan rings is 2. The van der Waals surface area contributed by atoms with Crippen molar-refractivity contribution >= 4 is 82.5 Å². The third-order valence-electron chi connectivity index (χ3n) is 8.80. The van der Waals surface area contributed by atoms with Crippen molar-refractivity contribution < 1.29 is 8.83 Å². The third-order valence-corrected chi connectivity index (χ3v) is 8.80. The van der Waals surface area contributed by atoms with Crippen LogP contribution in [0.2, 0.25) is 0 Å². The summed E-state index contributed by atoms with van der Waals surface area (Å²) >= 11 is 0. The van der Waals surface area contributed by atoms with Crippen LogP contribution in [0.3, 0.4) is 0 Å². The molecule has 0 radical (unpaired) electrons. The minimum atomic E-state index is 0.875. The number of benzene rings is 7. The lowest BCUT2D eigenvalue weighted by Gasteiger charge is -2.27. The molecule has 0 saturated heterocycles. The summed E-state index contributed by atoms with van der Waals surface area (Å²) in [6, 6.07) is 45.3. The monoisotopic (exact) mass is 553 g/mol. The Morgan fingerprint density at radius 3 is 1.91 bits per heavy atom. The Labute approximate surface area is 248 Å². The molecule has 0 aliphatic rings. The van der Waals surface area contributed by atoms with Crippen molar-refractivity contribution in [2.24, 2.45) is 0 Å². The van der Waals surface area contributed by atoms with E-state index >= 15 is 0 Å². The van der Waals surface area contributed by atoms with Gasteiger partial charge in [0.2, 0.25) is 0 Å². The van der Waals surface area contributed by atoms with Crippen molar-refractivity contribution in [2.45, 2.75) is 13.8 Å². The number of rotatable bonds is 3. The lowest BCUT2D eigenvalue weighted by molar-refractivity contribution is 0.666. The molecule has 2 aromatic heterocycles. The molecule has 204 valence electrons. The molecule has 2 heterocycles. The van der Waals surface area contributed by atoms with E-state index in [1.807, 2.05) is 0 Å². The van der Waals surface area contributed by atoms with Gasteiger partial charge in [-0.3, -0.25) is 0 Å². The highest BCUT2D eigenvalue weighted by atomic mass is 16.3. The molecule has 7 aromatic carbocycles. The highest BCUT2D eigenvalue weighted by Gasteiger charge is 2.23. The first kappa shape index (κ1) is 24.1. The zero-order valence-electron chi connectivity index (χ0n) is 23.9. The van der Waals surface area contributed by atoms with Crippen LogP contribution in [0.25, 0.3) is 65.4 Å². The summed E-state index contributed by atoms with van der Waals surface area (Å²) in [5, 5.41) is 9.02. The highest BCUT2D eigenvalue weighted by Crippen LogP contribution is 2.47. The second-order valence-corrected chi connectivity index (χ2v) is 11.5. The van der Waals surface area contributed by atoms with E-state index in [1.54, 1.807) is 0 Å². The predicted molar refractivity (Wildman–Crippen MR) is 180 cm³/mol. The van der Waals surface area contributed by atoms with Gasteiger partial charge < -0.3 is 13.7 Å². The van der Waals surface area contributed by atoms with Gasteiger partial charge in [-0.1, -0.05) is 96.6 Å². The van der Waals surface area contributed by atoms with Crippen molar-refractivity contribution in [2.75, 3.05) is 4.90 Å². The molecule has 3 nitrogen and oxygen atoms in total. The molecular weight excluding hydrogens is 526 g/mol. The van der Waals surface area contributed by atoms with Crippen LogP contribution in [0.4, 0.5) is 17.1 Å². The molecular formula is C40H27NO2. The smallest absolute Gasteiger partial charge is 0.159 e. The molecule has 0 saturated carbocycles. The van der Waals surface area contributed by atoms with Gasteiger partial charge in [0, 0.05) is 38.0 Å². The van der Waals surface area contributed by atoms with Gasteiger partial charge in [-0.2, -0.15) is 0 Å². The van der Waals surface area contributed by atoms with E-state index in [4.69, 9.17) is 8.83 Å². The van der Waals surface area contributed by atoms with Gasteiger partial charge in [0.1, 0.15) is 16.7 Å². The summed E-state index contributed by atoms with van der Waals surface area (Å²) < 4.78 is 13.3. The second-order valence-electron chi connectivity index (χ2n) is 11.5. The fraction of sp³-hybridized carbons (Fsp3) is 0.0500. The molecule has 0 aliphatic carbocycles. The quantitative estimate of drug-likeness (QED) is 0.218. The minimum absolute atomic E-state index is 0.875. The van der Waals surface area contributed by atoms with Crippen LogP contribution in [0.1, 0.15) is 11.1 Å². The van der Waals surface area contributed by atoms with Crippen LogP contribution in [-0.4, -0.2) is 0 Å². The molecule has 0 amide bonds. The number of anilines is 3. The zero-order valence-corrected chi connectivity index (χ0v) is 23.9. The molecule has 0 unspecified atom stereocenters. The summed E-state index contributed by atoms with van der Waals surface area (Å²) in [6.07, 6.45) is 0. The van der Waals surface area contributed by atoms with Gasteiger partial charge in [-0.15, -0.1) is 0 Å². The Hall–Kier alpha value is -5.54. The molecule has 0 aliphatic heterocycles. The van der Waals surface area contributed by atoms with Crippen molar-refractivity contribution in [3.63, 3.8) is 0 Å². The van der Waals surface area contributed by atoms with E-state index in [1.165, 1.54) is 16.3 Å². The lowest BCUT2D eigenvalue weighted by Crippen LogP contribution is -2.11. The van der Waals surface area contributed by atoms with Gasteiger partial charge in [0.15, 0.2) is 5.58 Å². The predicted octanol–water partition coefficient (Wildman–Crippen LogP) is 11.9. The zero-order chi connectivity index (χ0) is 28.7. The molecule has 0 N–H and O–H groups in total. The maximum absolute atomic E-state index is 6.70. The number of fused-ring (bicyclic) bond motifs is 9. The number of hydrogen-bond donors (Lipinski definition) is 0. The Morgan fingerprint density at radius 1 is 0.442 bits per heavy atom. The van der Waals surface area contributed by atoms with E-state index in [-0.39, 0.29) is 0 Å². The Balaban J connectivity index is 1.42. The molecule has 0 atom stereocenters. The number of nitrogens with zero attached hydrogens (tertiary/aromatic N) is 1. The Kier molecular flexibility index (Phi) is 5.03. The fourth-order valence-corrected chi connectivity index (χ4v) is 6.67. The summed E-state index contributed by atoms with van der Waals surface area (Å²) in [5.41, 5.74) is 9.10. The van der Waals surface area contributed by atoms with Gasteiger partial charge in [-0.25, -0.2) is 0 Å². The number of aryl methyl sites for hydroxylation is 2. The van der Waals surface area contributed by atoms with E-state index in [2.05, 4.69) is 146 Å². The highest BCUT2D eigenvalue weighted by molar-refractivity contribution is 6.22. The Bertz CT molecular complexity index is 2530. The summed E-state index contributed by atoms with van der Waals surface area (Å²) in [7, 11) is 0. The average Bonchev–Trinajstić information content (AvgIpc) is 3.60. The van der Waals surface area contributed by atoms with Crippen molar-refractivity contribution in [3.05, 3.63) is 139 Å². The van der Waals surface area contributed by atoms with Crippen molar-refractivity contribution in [3.8, 4) is 0 Å². The van der Waals surface area contributed by atoms with E-state index < -0.39 is 0 Å². The topological polar surface area (TPSA) is 29.5 Å². The molecule has 0 bridgehead atoms. The number of hydrogen-bond acceptors (Lipinski definition) is 3. The van der Waals surface area contributed by atoms with Gasteiger partial charge >= 0.3 is 0 Å². The van der Waals surface area contributed by atoms with Crippen LogP contribution < -0.4 is 4.90 Å². The van der Waals surface area contributed by atoms with Gasteiger partial charge in [0.05, 0.1) is 11.4 Å². The van der Waals surface area contributed by atoms with Crippen LogP contribution >= 0.6 is 0 Å². The normalized spacial score (nSPS) is 12.0. The van der Waals surface area contributed by atoms with Gasteiger partial charge in [0.25, 0.3) is 0 Å².